The Labute approximate surface area is 215 Å². The molecule has 7 heteroatoms. The summed E-state index contributed by atoms with van der Waals surface area (Å²) in [5, 5.41) is 0. The van der Waals surface area contributed by atoms with Gasteiger partial charge in [0.2, 0.25) is 0 Å². The normalized spacial score (nSPS) is 10.1. The Kier molecular flexibility index (Phi) is 9.01. The number of benzene rings is 2. The zero-order valence-electron chi connectivity index (χ0n) is 18.5. The molecule has 1 radical (unpaired) electrons. The fourth-order valence-electron chi connectivity index (χ4n) is 3.25. The average molecular weight is 646 g/mol. The van der Waals surface area contributed by atoms with Gasteiger partial charge in [0.05, 0.1) is 11.6 Å². The molecule has 0 saturated heterocycles. The molecule has 0 aliphatic heterocycles. The monoisotopic (exact) mass is 646 g/mol. The van der Waals surface area contributed by atoms with Gasteiger partial charge in [-0.1, -0.05) is 29.8 Å². The first-order valence-corrected chi connectivity index (χ1v) is 10.4. The molecule has 3 nitrogen and oxygen atoms in total. The Balaban J connectivity index is 0.000000223. The summed E-state index contributed by atoms with van der Waals surface area (Å²) in [4.78, 5) is 12.4. The molecule has 3 heterocycles. The number of aromatic nitrogens is 3. The minimum atomic E-state index is -1.52. The predicted molar refractivity (Wildman–Crippen MR) is 125 cm³/mol. The van der Waals surface area contributed by atoms with Crippen LogP contribution in [0.1, 0.15) is 5.56 Å². The van der Waals surface area contributed by atoms with Crippen LogP contribution < -0.4 is 0 Å². The van der Waals surface area contributed by atoms with E-state index < -0.39 is 17.5 Å². The first kappa shape index (κ1) is 25.9. The van der Waals surface area contributed by atoms with Crippen molar-refractivity contribution < 1.29 is 33.3 Å². The van der Waals surface area contributed by atoms with Gasteiger partial charge in [0.15, 0.2) is 0 Å². The Bertz CT molecular complexity index is 1350. The summed E-state index contributed by atoms with van der Waals surface area (Å²) in [6, 6.07) is 25.2. The minimum Gasteiger partial charge on any atom is -0.305 e. The van der Waals surface area contributed by atoms with Crippen LogP contribution in [0.2, 0.25) is 0 Å². The van der Waals surface area contributed by atoms with E-state index in [1.54, 1.807) is 36.9 Å². The molecule has 0 atom stereocenters. The zero-order chi connectivity index (χ0) is 23.9. The SMILES string of the molecule is Cc1cc(-c2[c-]cc(F)c(F)c2F)ncc1-c1cccnc1.[Ir].[c-]1ccccc1-c1ccccn1. The van der Waals surface area contributed by atoms with Crippen LogP contribution in [-0.4, -0.2) is 15.0 Å². The maximum absolute atomic E-state index is 13.8. The number of rotatable bonds is 3. The van der Waals surface area contributed by atoms with Gasteiger partial charge in [-0.05, 0) is 36.0 Å². The number of pyridine rings is 3. The van der Waals surface area contributed by atoms with E-state index in [0.29, 0.717) is 0 Å². The largest absolute Gasteiger partial charge is 0.305 e. The van der Waals surface area contributed by atoms with Crippen molar-refractivity contribution >= 4 is 0 Å². The van der Waals surface area contributed by atoms with Gasteiger partial charge in [0.1, 0.15) is 5.82 Å². The molecule has 3 aromatic heterocycles. The molecule has 0 aliphatic carbocycles. The van der Waals surface area contributed by atoms with Crippen LogP contribution in [0.15, 0.2) is 91.5 Å². The van der Waals surface area contributed by atoms with E-state index in [-0.39, 0.29) is 31.4 Å². The number of hydrogen-bond acceptors (Lipinski definition) is 3. The second kappa shape index (κ2) is 12.2. The molecule has 5 rings (SSSR count). The number of halogens is 3. The Morgan fingerprint density at radius 2 is 1.60 bits per heavy atom. The van der Waals surface area contributed by atoms with Gasteiger partial charge in [-0.3, -0.25) is 13.8 Å². The maximum atomic E-state index is 13.8. The van der Waals surface area contributed by atoms with Crippen LogP contribution in [0.3, 0.4) is 0 Å². The van der Waals surface area contributed by atoms with Crippen LogP contribution in [0.5, 0.6) is 0 Å². The smallest absolute Gasteiger partial charge is 0.111 e. The molecule has 0 N–H and O–H groups in total. The van der Waals surface area contributed by atoms with Gasteiger partial charge in [-0.25, -0.2) is 4.39 Å². The maximum Gasteiger partial charge on any atom is 0.111 e. The predicted octanol–water partition coefficient (Wildman–Crippen LogP) is 6.88. The molecule has 0 bridgehead atoms. The minimum absolute atomic E-state index is 0. The fraction of sp³-hybridized carbons (Fsp3) is 0.0357. The molecule has 5 aromatic rings. The molecular formula is C28H18F3IrN3-2. The molecule has 0 saturated carbocycles. The quantitative estimate of drug-likeness (QED) is 0.159. The Morgan fingerprint density at radius 1 is 0.771 bits per heavy atom. The summed E-state index contributed by atoms with van der Waals surface area (Å²) < 4.78 is 40.1. The Morgan fingerprint density at radius 3 is 2.26 bits per heavy atom. The molecular weight excluding hydrogens is 628 g/mol. The second-order valence-corrected chi connectivity index (χ2v) is 7.26. The van der Waals surface area contributed by atoms with E-state index in [1.165, 1.54) is 0 Å². The molecule has 0 fully saturated rings. The van der Waals surface area contributed by atoms with Crippen molar-refractivity contribution in [3.63, 3.8) is 0 Å². The van der Waals surface area contributed by atoms with Crippen molar-refractivity contribution in [3.8, 4) is 33.6 Å². The molecule has 2 aromatic carbocycles. The standard InChI is InChI=1S/C17H10F3N2.C11H8N.Ir/c1-10-7-15(12-4-5-14(18)17(20)16(12)19)22-9-13(10)11-3-2-6-21-8-11;1-2-6-10(7-3-1)11-8-4-5-9-12-11;/h2-3,5-9H,1H3;1-6,8-9H;/q2*-1;. The van der Waals surface area contributed by atoms with Crippen LogP contribution in [0, 0.1) is 36.5 Å². The molecule has 0 unspecified atom stereocenters. The van der Waals surface area contributed by atoms with Crippen LogP contribution in [-0.2, 0) is 20.1 Å². The van der Waals surface area contributed by atoms with E-state index in [1.807, 2.05) is 55.5 Å². The topological polar surface area (TPSA) is 38.7 Å². The van der Waals surface area contributed by atoms with Crippen molar-refractivity contribution in [3.05, 3.63) is 127 Å². The molecule has 0 spiro atoms. The summed E-state index contributed by atoms with van der Waals surface area (Å²) >= 11 is 0. The van der Waals surface area contributed by atoms with Crippen molar-refractivity contribution in [1.82, 2.24) is 15.0 Å². The third kappa shape index (κ3) is 6.27. The van der Waals surface area contributed by atoms with E-state index in [4.69, 9.17) is 0 Å². The van der Waals surface area contributed by atoms with Crippen LogP contribution >= 0.6 is 0 Å². The number of nitrogens with zero attached hydrogens (tertiary/aromatic N) is 3. The first-order chi connectivity index (χ1) is 16.5. The number of hydrogen-bond donors (Lipinski definition) is 0. The van der Waals surface area contributed by atoms with Gasteiger partial charge in [-0.2, -0.15) is 0 Å². The van der Waals surface area contributed by atoms with Gasteiger partial charge in [0.25, 0.3) is 0 Å². The molecule has 0 aliphatic rings. The van der Waals surface area contributed by atoms with E-state index in [9.17, 15) is 13.2 Å². The summed E-state index contributed by atoms with van der Waals surface area (Å²) in [6.07, 6.45) is 6.69. The Hall–Kier alpha value is -3.67. The van der Waals surface area contributed by atoms with Crippen molar-refractivity contribution in [2.45, 2.75) is 6.92 Å². The summed E-state index contributed by atoms with van der Waals surface area (Å²) in [5.41, 5.74) is 4.53. The third-order valence-electron chi connectivity index (χ3n) is 4.95. The third-order valence-corrected chi connectivity index (χ3v) is 4.95. The van der Waals surface area contributed by atoms with E-state index >= 15 is 0 Å². The first-order valence-electron chi connectivity index (χ1n) is 10.4. The molecule has 35 heavy (non-hydrogen) atoms. The van der Waals surface area contributed by atoms with Gasteiger partial charge >= 0.3 is 0 Å². The van der Waals surface area contributed by atoms with E-state index in [0.717, 1.165) is 34.0 Å². The zero-order valence-corrected chi connectivity index (χ0v) is 20.9. The number of aryl methyl sites for hydroxylation is 1. The van der Waals surface area contributed by atoms with Gasteiger partial charge in [-0.15, -0.1) is 48.0 Å². The van der Waals surface area contributed by atoms with Crippen LogP contribution in [0.4, 0.5) is 13.2 Å². The van der Waals surface area contributed by atoms with Gasteiger partial charge in [0, 0.05) is 56.0 Å². The van der Waals surface area contributed by atoms with E-state index in [2.05, 4.69) is 27.1 Å². The van der Waals surface area contributed by atoms with Gasteiger partial charge < -0.3 is 9.97 Å². The molecule has 0 amide bonds. The van der Waals surface area contributed by atoms with Crippen molar-refractivity contribution in [1.29, 1.82) is 0 Å². The summed E-state index contributed by atoms with van der Waals surface area (Å²) in [5.74, 6) is -4.09. The second-order valence-electron chi connectivity index (χ2n) is 7.26. The molecule has 177 valence electrons. The average Bonchev–Trinajstić information content (AvgIpc) is 2.89. The van der Waals surface area contributed by atoms with Crippen molar-refractivity contribution in [2.24, 2.45) is 0 Å². The summed E-state index contributed by atoms with van der Waals surface area (Å²) in [7, 11) is 0. The van der Waals surface area contributed by atoms with Crippen LogP contribution in [0.25, 0.3) is 33.6 Å². The fourth-order valence-corrected chi connectivity index (χ4v) is 3.25. The summed E-state index contributed by atoms with van der Waals surface area (Å²) in [6.45, 7) is 1.82. The van der Waals surface area contributed by atoms with Crippen molar-refractivity contribution in [2.75, 3.05) is 0 Å².